The van der Waals surface area contributed by atoms with Crippen LogP contribution in [0, 0.1) is 12.8 Å². The van der Waals surface area contributed by atoms with Crippen molar-refractivity contribution in [2.75, 3.05) is 18.0 Å². The Balaban J connectivity index is 2.18. The van der Waals surface area contributed by atoms with Gasteiger partial charge in [0.05, 0.1) is 0 Å². The minimum Gasteiger partial charge on any atom is -0.371 e. The van der Waals surface area contributed by atoms with Gasteiger partial charge in [-0.3, -0.25) is 0 Å². The van der Waals surface area contributed by atoms with Crippen LogP contribution < -0.4 is 4.90 Å². The van der Waals surface area contributed by atoms with E-state index in [1.54, 1.807) is 0 Å². The first kappa shape index (κ1) is 9.57. The Morgan fingerprint density at radius 1 is 1.29 bits per heavy atom. The summed E-state index contributed by atoms with van der Waals surface area (Å²) in [5.74, 6) is 0.850. The van der Waals surface area contributed by atoms with Crippen molar-refractivity contribution in [2.24, 2.45) is 5.92 Å². The van der Waals surface area contributed by atoms with Gasteiger partial charge in [-0.2, -0.15) is 0 Å². The molecule has 0 spiro atoms. The van der Waals surface area contributed by atoms with Crippen LogP contribution in [0.3, 0.4) is 0 Å². The minimum absolute atomic E-state index is 0.850. The highest BCUT2D eigenvalue weighted by molar-refractivity contribution is 5.53. The largest absolute Gasteiger partial charge is 0.371 e. The van der Waals surface area contributed by atoms with E-state index >= 15 is 0 Å². The number of benzene rings is 1. The predicted molar refractivity (Wildman–Crippen MR) is 61.8 cm³/mol. The number of para-hydroxylation sites is 1. The average Bonchev–Trinajstić information content (AvgIpc) is 2.18. The van der Waals surface area contributed by atoms with Gasteiger partial charge < -0.3 is 4.90 Å². The van der Waals surface area contributed by atoms with Gasteiger partial charge in [-0.05, 0) is 37.3 Å². The molecule has 1 aromatic rings. The number of hydrogen-bond acceptors (Lipinski definition) is 1. The van der Waals surface area contributed by atoms with E-state index in [4.69, 9.17) is 0 Å². The number of piperidine rings is 1. The number of hydrogen-bond donors (Lipinski definition) is 0. The molecule has 0 saturated carbocycles. The molecule has 1 heterocycles. The molecule has 1 aromatic carbocycles. The van der Waals surface area contributed by atoms with Crippen molar-refractivity contribution in [3.8, 4) is 0 Å². The standard InChI is InChI=1S/C13H19N/c1-11-6-5-9-14(10-11)13-8-4-3-7-12(13)2/h3-4,7-8,11H,5-6,9-10H2,1-2H3/t11-/m1/s1. The van der Waals surface area contributed by atoms with Gasteiger partial charge in [-0.1, -0.05) is 25.1 Å². The average molecular weight is 189 g/mol. The van der Waals surface area contributed by atoms with Gasteiger partial charge in [0.25, 0.3) is 0 Å². The van der Waals surface area contributed by atoms with E-state index in [0.29, 0.717) is 0 Å². The first-order valence-corrected chi connectivity index (χ1v) is 5.58. The number of anilines is 1. The van der Waals surface area contributed by atoms with E-state index < -0.39 is 0 Å². The maximum absolute atomic E-state index is 2.53. The molecule has 0 unspecified atom stereocenters. The summed E-state index contributed by atoms with van der Waals surface area (Å²) in [6.45, 7) is 7.01. The van der Waals surface area contributed by atoms with E-state index in [0.717, 1.165) is 5.92 Å². The summed E-state index contributed by atoms with van der Waals surface area (Å²) >= 11 is 0. The number of rotatable bonds is 1. The fraction of sp³-hybridized carbons (Fsp3) is 0.538. The monoisotopic (exact) mass is 189 g/mol. The Hall–Kier alpha value is -0.980. The zero-order chi connectivity index (χ0) is 9.97. The maximum atomic E-state index is 2.53. The Morgan fingerprint density at radius 2 is 2.07 bits per heavy atom. The lowest BCUT2D eigenvalue weighted by Gasteiger charge is -2.33. The van der Waals surface area contributed by atoms with Gasteiger partial charge in [0.1, 0.15) is 0 Å². The second-order valence-electron chi connectivity index (χ2n) is 4.48. The molecule has 0 aromatic heterocycles. The van der Waals surface area contributed by atoms with Crippen molar-refractivity contribution >= 4 is 5.69 Å². The van der Waals surface area contributed by atoms with E-state index in [2.05, 4.69) is 43.0 Å². The Bertz CT molecular complexity index is 306. The second kappa shape index (κ2) is 4.04. The minimum atomic E-state index is 0.850. The summed E-state index contributed by atoms with van der Waals surface area (Å²) in [5.41, 5.74) is 2.83. The zero-order valence-electron chi connectivity index (χ0n) is 9.16. The third kappa shape index (κ3) is 1.92. The van der Waals surface area contributed by atoms with Gasteiger partial charge >= 0.3 is 0 Å². The van der Waals surface area contributed by atoms with Crippen molar-refractivity contribution in [1.29, 1.82) is 0 Å². The Kier molecular flexibility index (Phi) is 2.76. The van der Waals surface area contributed by atoms with Crippen LogP contribution in [0.2, 0.25) is 0 Å². The summed E-state index contributed by atoms with van der Waals surface area (Å²) in [5, 5.41) is 0. The molecule has 0 N–H and O–H groups in total. The van der Waals surface area contributed by atoms with E-state index in [-0.39, 0.29) is 0 Å². The molecule has 1 heteroatoms. The van der Waals surface area contributed by atoms with E-state index in [1.165, 1.54) is 37.2 Å². The van der Waals surface area contributed by atoms with Crippen molar-refractivity contribution in [2.45, 2.75) is 26.7 Å². The first-order chi connectivity index (χ1) is 6.77. The summed E-state index contributed by atoms with van der Waals surface area (Å²) < 4.78 is 0. The second-order valence-corrected chi connectivity index (χ2v) is 4.48. The highest BCUT2D eigenvalue weighted by Gasteiger charge is 2.17. The van der Waals surface area contributed by atoms with Crippen LogP contribution in [0.1, 0.15) is 25.3 Å². The third-order valence-corrected chi connectivity index (χ3v) is 3.11. The topological polar surface area (TPSA) is 3.24 Å². The fourth-order valence-corrected chi connectivity index (χ4v) is 2.33. The van der Waals surface area contributed by atoms with Gasteiger partial charge in [0.15, 0.2) is 0 Å². The SMILES string of the molecule is Cc1ccccc1N1CCC[C@@H](C)C1. The number of aryl methyl sites for hydroxylation is 1. The maximum Gasteiger partial charge on any atom is 0.0395 e. The molecule has 0 aliphatic carbocycles. The van der Waals surface area contributed by atoms with E-state index in [1.807, 2.05) is 0 Å². The molecule has 1 atom stereocenters. The van der Waals surface area contributed by atoms with E-state index in [9.17, 15) is 0 Å². The van der Waals surface area contributed by atoms with Gasteiger partial charge in [-0.25, -0.2) is 0 Å². The highest BCUT2D eigenvalue weighted by atomic mass is 15.1. The molecule has 1 nitrogen and oxygen atoms in total. The molecule has 14 heavy (non-hydrogen) atoms. The van der Waals surface area contributed by atoms with Crippen LogP contribution in [-0.2, 0) is 0 Å². The van der Waals surface area contributed by atoms with Gasteiger partial charge in [-0.15, -0.1) is 0 Å². The summed E-state index contributed by atoms with van der Waals surface area (Å²) in [7, 11) is 0. The van der Waals surface area contributed by atoms with Crippen LogP contribution >= 0.6 is 0 Å². The molecular weight excluding hydrogens is 170 g/mol. The van der Waals surface area contributed by atoms with Crippen LogP contribution in [0.15, 0.2) is 24.3 Å². The third-order valence-electron chi connectivity index (χ3n) is 3.11. The quantitative estimate of drug-likeness (QED) is 0.655. The molecule has 1 fully saturated rings. The van der Waals surface area contributed by atoms with Gasteiger partial charge in [0.2, 0.25) is 0 Å². The lowest BCUT2D eigenvalue weighted by atomic mass is 9.99. The van der Waals surface area contributed by atoms with Crippen molar-refractivity contribution < 1.29 is 0 Å². The molecular formula is C13H19N. The molecule has 0 amide bonds. The summed E-state index contributed by atoms with van der Waals surface area (Å²) in [6.07, 6.45) is 2.73. The van der Waals surface area contributed by atoms with Crippen LogP contribution in [-0.4, -0.2) is 13.1 Å². The summed E-state index contributed by atoms with van der Waals surface area (Å²) in [6, 6.07) is 8.70. The lowest BCUT2D eigenvalue weighted by Crippen LogP contribution is -2.34. The summed E-state index contributed by atoms with van der Waals surface area (Å²) in [4.78, 5) is 2.53. The van der Waals surface area contributed by atoms with Crippen LogP contribution in [0.4, 0.5) is 5.69 Å². The Morgan fingerprint density at radius 3 is 2.79 bits per heavy atom. The van der Waals surface area contributed by atoms with Crippen molar-refractivity contribution in [1.82, 2.24) is 0 Å². The Labute approximate surface area is 86.7 Å². The normalized spacial score (nSPS) is 22.4. The molecule has 1 aliphatic rings. The van der Waals surface area contributed by atoms with Crippen LogP contribution in [0.25, 0.3) is 0 Å². The fourth-order valence-electron chi connectivity index (χ4n) is 2.33. The number of nitrogens with zero attached hydrogens (tertiary/aromatic N) is 1. The molecule has 1 aliphatic heterocycles. The van der Waals surface area contributed by atoms with Crippen LogP contribution in [0.5, 0.6) is 0 Å². The van der Waals surface area contributed by atoms with Crippen molar-refractivity contribution in [3.63, 3.8) is 0 Å². The molecule has 0 radical (unpaired) electrons. The molecule has 76 valence electrons. The first-order valence-electron chi connectivity index (χ1n) is 5.58. The predicted octanol–water partition coefficient (Wildman–Crippen LogP) is 3.23. The van der Waals surface area contributed by atoms with Gasteiger partial charge in [0, 0.05) is 18.8 Å². The van der Waals surface area contributed by atoms with Crippen molar-refractivity contribution in [3.05, 3.63) is 29.8 Å². The molecule has 0 bridgehead atoms. The molecule has 1 saturated heterocycles. The zero-order valence-corrected chi connectivity index (χ0v) is 9.16. The molecule has 2 rings (SSSR count). The smallest absolute Gasteiger partial charge is 0.0395 e. The lowest BCUT2D eigenvalue weighted by molar-refractivity contribution is 0.446. The highest BCUT2D eigenvalue weighted by Crippen LogP contribution is 2.25.